The molecular weight excluding hydrogens is 258 g/mol. The van der Waals surface area contributed by atoms with Crippen LogP contribution >= 0.6 is 0 Å². The maximum absolute atomic E-state index is 12.1. The lowest BCUT2D eigenvalue weighted by Gasteiger charge is -2.27. The van der Waals surface area contributed by atoms with Crippen molar-refractivity contribution < 1.29 is 18.3 Å². The SMILES string of the molecule is O=C(O)CC1(NS(=O)(=O)c2ccn[nH]2)CCCC1. The van der Waals surface area contributed by atoms with E-state index in [1.165, 1.54) is 12.3 Å². The number of aromatic nitrogens is 2. The molecule has 7 nitrogen and oxygen atoms in total. The second-order valence-corrected chi connectivity index (χ2v) is 6.24. The van der Waals surface area contributed by atoms with Gasteiger partial charge in [-0.3, -0.25) is 9.89 Å². The molecule has 1 aromatic heterocycles. The van der Waals surface area contributed by atoms with Gasteiger partial charge >= 0.3 is 5.97 Å². The summed E-state index contributed by atoms with van der Waals surface area (Å²) in [6.45, 7) is 0. The van der Waals surface area contributed by atoms with Crippen LogP contribution in [0.15, 0.2) is 17.3 Å². The number of aliphatic carboxylic acids is 1. The van der Waals surface area contributed by atoms with Gasteiger partial charge in [-0.25, -0.2) is 13.1 Å². The molecule has 1 saturated carbocycles. The fourth-order valence-electron chi connectivity index (χ4n) is 2.39. The van der Waals surface area contributed by atoms with Crippen molar-refractivity contribution in [2.24, 2.45) is 0 Å². The van der Waals surface area contributed by atoms with E-state index in [0.717, 1.165) is 12.8 Å². The van der Waals surface area contributed by atoms with Crippen LogP contribution in [-0.2, 0) is 14.8 Å². The Hall–Kier alpha value is -1.41. The van der Waals surface area contributed by atoms with E-state index in [0.29, 0.717) is 12.8 Å². The minimum Gasteiger partial charge on any atom is -0.481 e. The van der Waals surface area contributed by atoms with Gasteiger partial charge in [0.2, 0.25) is 0 Å². The van der Waals surface area contributed by atoms with Crippen LogP contribution < -0.4 is 4.72 Å². The highest BCUT2D eigenvalue weighted by Gasteiger charge is 2.40. The average Bonchev–Trinajstić information content (AvgIpc) is 2.86. The van der Waals surface area contributed by atoms with E-state index in [2.05, 4.69) is 14.9 Å². The number of sulfonamides is 1. The Kier molecular flexibility index (Phi) is 3.40. The lowest BCUT2D eigenvalue weighted by molar-refractivity contribution is -0.138. The molecule has 1 aliphatic carbocycles. The molecule has 0 aliphatic heterocycles. The zero-order valence-corrected chi connectivity index (χ0v) is 10.5. The maximum atomic E-state index is 12.1. The van der Waals surface area contributed by atoms with Crippen molar-refractivity contribution in [3.63, 3.8) is 0 Å². The van der Waals surface area contributed by atoms with Gasteiger partial charge in [0.15, 0.2) is 5.03 Å². The lowest BCUT2D eigenvalue weighted by atomic mass is 9.95. The highest BCUT2D eigenvalue weighted by molar-refractivity contribution is 7.89. The topological polar surface area (TPSA) is 112 Å². The highest BCUT2D eigenvalue weighted by atomic mass is 32.2. The van der Waals surface area contributed by atoms with Crippen molar-refractivity contribution in [2.45, 2.75) is 42.7 Å². The summed E-state index contributed by atoms with van der Waals surface area (Å²) < 4.78 is 26.6. The predicted molar refractivity (Wildman–Crippen MR) is 62.4 cm³/mol. The van der Waals surface area contributed by atoms with Gasteiger partial charge in [0.05, 0.1) is 12.6 Å². The third-order valence-corrected chi connectivity index (χ3v) is 4.67. The van der Waals surface area contributed by atoms with Crippen molar-refractivity contribution in [3.8, 4) is 0 Å². The van der Waals surface area contributed by atoms with E-state index in [1.54, 1.807) is 0 Å². The van der Waals surface area contributed by atoms with E-state index in [9.17, 15) is 13.2 Å². The van der Waals surface area contributed by atoms with E-state index in [1.807, 2.05) is 0 Å². The molecule has 100 valence electrons. The largest absolute Gasteiger partial charge is 0.481 e. The van der Waals surface area contributed by atoms with Gasteiger partial charge in [0.1, 0.15) is 0 Å². The monoisotopic (exact) mass is 273 g/mol. The molecule has 18 heavy (non-hydrogen) atoms. The minimum atomic E-state index is -3.74. The number of nitrogens with zero attached hydrogens (tertiary/aromatic N) is 1. The van der Waals surface area contributed by atoms with Crippen LogP contribution in [0.2, 0.25) is 0 Å². The molecule has 0 radical (unpaired) electrons. The third-order valence-electron chi connectivity index (χ3n) is 3.17. The molecule has 1 aliphatic rings. The molecule has 8 heteroatoms. The van der Waals surface area contributed by atoms with Crippen LogP contribution in [0.5, 0.6) is 0 Å². The summed E-state index contributed by atoms with van der Waals surface area (Å²) >= 11 is 0. The summed E-state index contributed by atoms with van der Waals surface area (Å²) in [5, 5.41) is 14.8. The Morgan fingerprint density at radius 3 is 2.67 bits per heavy atom. The smallest absolute Gasteiger partial charge is 0.305 e. The number of rotatable bonds is 5. The molecule has 0 atom stereocenters. The third kappa shape index (κ3) is 2.70. The van der Waals surface area contributed by atoms with Crippen LogP contribution in [0.25, 0.3) is 0 Å². The highest BCUT2D eigenvalue weighted by Crippen LogP contribution is 2.33. The number of carboxylic acid groups (broad SMARTS) is 1. The number of carboxylic acids is 1. The molecule has 0 saturated heterocycles. The van der Waals surface area contributed by atoms with Gasteiger partial charge in [-0.05, 0) is 18.9 Å². The number of carbonyl (C=O) groups is 1. The maximum Gasteiger partial charge on any atom is 0.305 e. The van der Waals surface area contributed by atoms with Crippen LogP contribution in [0, 0.1) is 0 Å². The van der Waals surface area contributed by atoms with Gasteiger partial charge in [-0.1, -0.05) is 12.8 Å². The molecule has 0 aromatic carbocycles. The fraction of sp³-hybridized carbons (Fsp3) is 0.600. The molecule has 0 bridgehead atoms. The van der Waals surface area contributed by atoms with Crippen molar-refractivity contribution in [1.82, 2.24) is 14.9 Å². The van der Waals surface area contributed by atoms with Crippen molar-refractivity contribution in [2.75, 3.05) is 0 Å². The molecule has 0 amide bonds. The molecule has 2 rings (SSSR count). The summed E-state index contributed by atoms with van der Waals surface area (Å²) in [5.74, 6) is -0.996. The molecular formula is C10H15N3O4S. The molecule has 0 spiro atoms. The van der Waals surface area contributed by atoms with Crippen LogP contribution in [0.4, 0.5) is 0 Å². The normalized spacial score (nSPS) is 18.9. The first-order chi connectivity index (χ1) is 8.44. The van der Waals surface area contributed by atoms with Gasteiger partial charge in [-0.15, -0.1) is 0 Å². The summed E-state index contributed by atoms with van der Waals surface area (Å²) in [7, 11) is -3.74. The van der Waals surface area contributed by atoms with Crippen LogP contribution in [0.3, 0.4) is 0 Å². The van der Waals surface area contributed by atoms with E-state index in [-0.39, 0.29) is 11.4 Å². The minimum absolute atomic E-state index is 0.0424. The Bertz CT molecular complexity index is 517. The van der Waals surface area contributed by atoms with Gasteiger partial charge in [0, 0.05) is 5.54 Å². The number of hydrogen-bond acceptors (Lipinski definition) is 4. The van der Waals surface area contributed by atoms with Crippen molar-refractivity contribution in [1.29, 1.82) is 0 Å². The zero-order chi connectivity index (χ0) is 13.2. The van der Waals surface area contributed by atoms with Crippen LogP contribution in [0.1, 0.15) is 32.1 Å². The molecule has 0 unspecified atom stereocenters. The first-order valence-corrected chi connectivity index (χ1v) is 7.17. The first kappa shape index (κ1) is 13.0. The second-order valence-electron chi connectivity index (χ2n) is 4.58. The predicted octanol–water partition coefficient (Wildman–Crippen LogP) is 0.475. The number of hydrogen-bond donors (Lipinski definition) is 3. The Morgan fingerprint density at radius 2 is 2.17 bits per heavy atom. The fourth-order valence-corrected chi connectivity index (χ4v) is 3.76. The average molecular weight is 273 g/mol. The van der Waals surface area contributed by atoms with Gasteiger partial charge in [0.25, 0.3) is 10.0 Å². The molecule has 1 heterocycles. The summed E-state index contributed by atoms with van der Waals surface area (Å²) in [6.07, 6.45) is 3.91. The summed E-state index contributed by atoms with van der Waals surface area (Å²) in [5.41, 5.74) is -0.865. The number of aromatic amines is 1. The standard InChI is InChI=1S/C10H15N3O4S/c14-9(15)7-10(4-1-2-5-10)13-18(16,17)8-3-6-11-12-8/h3,6,13H,1-2,4-5,7H2,(H,11,12)(H,14,15). The zero-order valence-electron chi connectivity index (χ0n) is 9.72. The quantitative estimate of drug-likeness (QED) is 0.722. The number of nitrogens with one attached hydrogen (secondary N) is 2. The van der Waals surface area contributed by atoms with Crippen LogP contribution in [-0.4, -0.2) is 35.2 Å². The molecule has 1 aromatic rings. The van der Waals surface area contributed by atoms with Gasteiger partial charge in [-0.2, -0.15) is 5.10 Å². The van der Waals surface area contributed by atoms with Crippen molar-refractivity contribution >= 4 is 16.0 Å². The lowest BCUT2D eigenvalue weighted by Crippen LogP contribution is -2.47. The Balaban J connectivity index is 2.22. The Labute approximate surface area is 105 Å². The van der Waals surface area contributed by atoms with E-state index in [4.69, 9.17) is 5.11 Å². The second kappa shape index (κ2) is 4.69. The van der Waals surface area contributed by atoms with E-state index < -0.39 is 21.5 Å². The van der Waals surface area contributed by atoms with E-state index >= 15 is 0 Å². The molecule has 3 N–H and O–H groups in total. The van der Waals surface area contributed by atoms with Crippen molar-refractivity contribution in [3.05, 3.63) is 12.3 Å². The summed E-state index contributed by atoms with van der Waals surface area (Å²) in [4.78, 5) is 10.9. The summed E-state index contributed by atoms with van der Waals surface area (Å²) in [6, 6.07) is 1.34. The Morgan fingerprint density at radius 1 is 1.50 bits per heavy atom. The first-order valence-electron chi connectivity index (χ1n) is 5.69. The molecule has 1 fully saturated rings. The van der Waals surface area contributed by atoms with Gasteiger partial charge < -0.3 is 5.11 Å². The number of H-pyrrole nitrogens is 1.